The molecule has 1 aromatic heterocycles. The highest BCUT2D eigenvalue weighted by atomic mass is 32.2. The van der Waals surface area contributed by atoms with E-state index in [0.717, 1.165) is 23.7 Å². The van der Waals surface area contributed by atoms with Gasteiger partial charge in [0.1, 0.15) is 0 Å². The van der Waals surface area contributed by atoms with Gasteiger partial charge in [0.15, 0.2) is 0 Å². The van der Waals surface area contributed by atoms with E-state index in [2.05, 4.69) is 0 Å². The fourth-order valence-electron chi connectivity index (χ4n) is 1.03. The van der Waals surface area contributed by atoms with Crippen molar-refractivity contribution in [3.05, 3.63) is 27.1 Å². The van der Waals surface area contributed by atoms with E-state index in [0.29, 0.717) is 0 Å². The third-order valence-electron chi connectivity index (χ3n) is 1.76. The molecule has 10 heteroatoms. The molecule has 0 saturated heterocycles. The van der Waals surface area contributed by atoms with E-state index < -0.39 is 27.6 Å². The summed E-state index contributed by atoms with van der Waals surface area (Å²) in [6.07, 6.45) is -0.872. The lowest BCUT2D eigenvalue weighted by atomic mass is 10.3. The van der Waals surface area contributed by atoms with Gasteiger partial charge in [-0.05, 0) is 5.56 Å². The molecule has 1 rings (SSSR count). The quantitative estimate of drug-likeness (QED) is 0.651. The molecule has 0 aliphatic rings. The summed E-state index contributed by atoms with van der Waals surface area (Å²) in [5.74, 6) is 0. The predicted octanol–water partition coefficient (Wildman–Crippen LogP) is 1.10. The first-order chi connectivity index (χ1) is 7.71. The van der Waals surface area contributed by atoms with Gasteiger partial charge < -0.3 is 5.11 Å². The second kappa shape index (κ2) is 4.67. The van der Waals surface area contributed by atoms with Gasteiger partial charge >= 0.3 is 11.1 Å². The van der Waals surface area contributed by atoms with Crippen LogP contribution in [0.1, 0.15) is 5.56 Å². The van der Waals surface area contributed by atoms with Crippen LogP contribution in [-0.2, 0) is 16.6 Å². The lowest BCUT2D eigenvalue weighted by molar-refractivity contribution is -0.380. The molecular formula is C7H8N2O6S2. The summed E-state index contributed by atoms with van der Waals surface area (Å²) in [6, 6.07) is 1.14. The maximum atomic E-state index is 11.1. The third kappa shape index (κ3) is 3.39. The maximum absolute atomic E-state index is 11.1. The number of nitro groups is 1. The zero-order valence-electron chi connectivity index (χ0n) is 8.56. The number of rotatable bonds is 4. The molecule has 0 radical (unpaired) electrons. The lowest BCUT2D eigenvalue weighted by Gasteiger charge is -2.15. The summed E-state index contributed by atoms with van der Waals surface area (Å²) in [5.41, 5.74) is 0.259. The first kappa shape index (κ1) is 13.4. The SMILES string of the molecule is CS(=O)(=O)N(Cc1csc([N+](=O)[O-])c1)C(=O)O. The molecule has 1 heterocycles. The smallest absolute Gasteiger partial charge is 0.421 e. The number of amides is 1. The number of thiophene rings is 1. The van der Waals surface area contributed by atoms with Crippen molar-refractivity contribution in [2.75, 3.05) is 6.26 Å². The summed E-state index contributed by atoms with van der Waals surface area (Å²) < 4.78 is 22.5. The molecule has 94 valence electrons. The van der Waals surface area contributed by atoms with E-state index in [1.807, 2.05) is 0 Å². The molecule has 17 heavy (non-hydrogen) atoms. The van der Waals surface area contributed by atoms with Crippen molar-refractivity contribution in [2.24, 2.45) is 0 Å². The van der Waals surface area contributed by atoms with E-state index in [1.165, 1.54) is 5.38 Å². The molecule has 1 N–H and O–H groups in total. The average Bonchev–Trinajstić information content (AvgIpc) is 2.59. The minimum absolute atomic E-state index is 0.168. The summed E-state index contributed by atoms with van der Waals surface area (Å²) in [4.78, 5) is 20.5. The van der Waals surface area contributed by atoms with Crippen LogP contribution in [0, 0.1) is 10.1 Å². The fourth-order valence-corrected chi connectivity index (χ4v) is 2.42. The monoisotopic (exact) mass is 280 g/mol. The van der Waals surface area contributed by atoms with Gasteiger partial charge in [-0.3, -0.25) is 10.1 Å². The van der Waals surface area contributed by atoms with Crippen LogP contribution in [-0.4, -0.2) is 35.1 Å². The highest BCUT2D eigenvalue weighted by molar-refractivity contribution is 7.88. The number of hydrogen-bond donors (Lipinski definition) is 1. The van der Waals surface area contributed by atoms with Gasteiger partial charge in [0, 0.05) is 11.4 Å². The van der Waals surface area contributed by atoms with Crippen molar-refractivity contribution in [2.45, 2.75) is 6.54 Å². The molecule has 0 saturated carbocycles. The number of carboxylic acid groups (broad SMARTS) is 1. The Balaban J connectivity index is 2.95. The summed E-state index contributed by atoms with van der Waals surface area (Å²) in [5, 5.41) is 20.3. The van der Waals surface area contributed by atoms with Gasteiger partial charge in [-0.25, -0.2) is 17.5 Å². The Hall–Kier alpha value is -1.68. The predicted molar refractivity (Wildman–Crippen MR) is 59.4 cm³/mol. The van der Waals surface area contributed by atoms with Gasteiger partial charge in [-0.2, -0.15) is 0 Å². The van der Waals surface area contributed by atoms with Crippen LogP contribution >= 0.6 is 11.3 Å². The fraction of sp³-hybridized carbons (Fsp3) is 0.286. The molecule has 0 atom stereocenters. The molecule has 0 fully saturated rings. The molecule has 0 unspecified atom stereocenters. The van der Waals surface area contributed by atoms with Crippen molar-refractivity contribution >= 4 is 32.5 Å². The highest BCUT2D eigenvalue weighted by Crippen LogP contribution is 2.24. The topological polar surface area (TPSA) is 118 Å². The van der Waals surface area contributed by atoms with E-state index in [4.69, 9.17) is 5.11 Å². The summed E-state index contributed by atoms with van der Waals surface area (Å²) in [7, 11) is -3.90. The Morgan fingerprint density at radius 1 is 1.65 bits per heavy atom. The van der Waals surface area contributed by atoms with E-state index in [1.54, 1.807) is 0 Å². The molecule has 0 aliphatic heterocycles. The van der Waals surface area contributed by atoms with Gasteiger partial charge in [-0.15, -0.1) is 0 Å². The van der Waals surface area contributed by atoms with E-state index in [-0.39, 0.29) is 14.9 Å². The minimum Gasteiger partial charge on any atom is -0.464 e. The van der Waals surface area contributed by atoms with Crippen molar-refractivity contribution in [3.8, 4) is 0 Å². The van der Waals surface area contributed by atoms with Crippen LogP contribution in [0.15, 0.2) is 11.4 Å². The molecular weight excluding hydrogens is 272 g/mol. The third-order valence-corrected chi connectivity index (χ3v) is 3.77. The van der Waals surface area contributed by atoms with Crippen LogP contribution in [0.4, 0.5) is 9.80 Å². The number of nitrogens with zero attached hydrogens (tertiary/aromatic N) is 2. The molecule has 0 aliphatic carbocycles. The van der Waals surface area contributed by atoms with Crippen molar-refractivity contribution in [3.63, 3.8) is 0 Å². The average molecular weight is 280 g/mol. The Kier molecular flexibility index (Phi) is 3.68. The van der Waals surface area contributed by atoms with E-state index >= 15 is 0 Å². The minimum atomic E-state index is -3.90. The molecule has 0 aromatic carbocycles. The summed E-state index contributed by atoms with van der Waals surface area (Å²) in [6.45, 7) is -0.432. The lowest BCUT2D eigenvalue weighted by Crippen LogP contribution is -2.34. The Morgan fingerprint density at radius 2 is 2.24 bits per heavy atom. The Labute approximate surface area is 100 Å². The second-order valence-corrected chi connectivity index (χ2v) is 5.90. The zero-order valence-corrected chi connectivity index (χ0v) is 10.2. The van der Waals surface area contributed by atoms with Crippen LogP contribution in [0.3, 0.4) is 0 Å². The molecule has 0 spiro atoms. The first-order valence-electron chi connectivity index (χ1n) is 4.14. The van der Waals surface area contributed by atoms with Gasteiger partial charge in [0.25, 0.3) is 0 Å². The van der Waals surface area contributed by atoms with Gasteiger partial charge in [0.2, 0.25) is 10.0 Å². The van der Waals surface area contributed by atoms with Crippen LogP contribution < -0.4 is 0 Å². The van der Waals surface area contributed by atoms with Crippen molar-refractivity contribution in [1.82, 2.24) is 4.31 Å². The molecule has 1 aromatic rings. The van der Waals surface area contributed by atoms with Gasteiger partial charge in [0.05, 0.1) is 17.7 Å². The Bertz CT molecular complexity index is 548. The normalized spacial score (nSPS) is 11.1. The first-order valence-corrected chi connectivity index (χ1v) is 6.87. The highest BCUT2D eigenvalue weighted by Gasteiger charge is 2.24. The standard InChI is InChI=1S/C7H8N2O6S2/c1-17(14,15)8(7(10)11)3-5-2-6(9(12)13)16-4-5/h2,4H,3H2,1H3,(H,10,11). The van der Waals surface area contributed by atoms with E-state index in [9.17, 15) is 23.3 Å². The Morgan fingerprint density at radius 3 is 2.59 bits per heavy atom. The molecule has 0 bridgehead atoms. The number of carbonyl (C=O) groups is 1. The largest absolute Gasteiger partial charge is 0.464 e. The number of sulfonamides is 1. The summed E-state index contributed by atoms with van der Waals surface area (Å²) >= 11 is 0.808. The molecule has 1 amide bonds. The van der Waals surface area contributed by atoms with Crippen LogP contribution in [0.5, 0.6) is 0 Å². The van der Waals surface area contributed by atoms with Crippen LogP contribution in [0.2, 0.25) is 0 Å². The van der Waals surface area contributed by atoms with Gasteiger partial charge in [-0.1, -0.05) is 11.3 Å². The molecule has 8 nitrogen and oxygen atoms in total. The second-order valence-electron chi connectivity index (χ2n) is 3.10. The zero-order chi connectivity index (χ0) is 13.2. The van der Waals surface area contributed by atoms with Crippen molar-refractivity contribution in [1.29, 1.82) is 0 Å². The number of hydrogen-bond acceptors (Lipinski definition) is 6. The van der Waals surface area contributed by atoms with Crippen LogP contribution in [0.25, 0.3) is 0 Å². The van der Waals surface area contributed by atoms with Crippen molar-refractivity contribution < 1.29 is 23.2 Å². The maximum Gasteiger partial charge on any atom is 0.421 e.